The minimum Gasteiger partial charge on any atom is -0.355 e. The van der Waals surface area contributed by atoms with Crippen molar-refractivity contribution in [2.75, 3.05) is 11.9 Å². The van der Waals surface area contributed by atoms with Gasteiger partial charge in [0.15, 0.2) is 0 Å². The molecule has 114 valence electrons. The Morgan fingerprint density at radius 3 is 2.57 bits per heavy atom. The fraction of sp³-hybridized carbons (Fsp3) is 0.438. The third-order valence-corrected chi connectivity index (χ3v) is 3.27. The molecule has 0 spiro atoms. The molecule has 1 aromatic heterocycles. The number of halogens is 2. The standard InChI is InChI=1S/C16H21F2N3/c1-3-4-7-21-11-12(2)20-16(21)19-6-5-13-8-14(17)10-15(18)9-13/h8-11H,3-7H2,1-2H3,(H,19,20). The molecular formula is C16H21F2N3. The zero-order chi connectivity index (χ0) is 15.2. The number of unbranched alkanes of at least 4 members (excludes halogenated alkanes) is 1. The van der Waals surface area contributed by atoms with Crippen LogP contribution in [0.25, 0.3) is 0 Å². The second-order valence-corrected chi connectivity index (χ2v) is 5.21. The number of benzene rings is 1. The van der Waals surface area contributed by atoms with Crippen LogP contribution in [0.1, 0.15) is 31.0 Å². The zero-order valence-corrected chi connectivity index (χ0v) is 12.5. The SMILES string of the molecule is CCCCn1cc(C)nc1NCCc1cc(F)cc(F)c1. The zero-order valence-electron chi connectivity index (χ0n) is 12.5. The summed E-state index contributed by atoms with van der Waals surface area (Å²) in [6.45, 7) is 5.62. The summed E-state index contributed by atoms with van der Waals surface area (Å²) < 4.78 is 28.3. The van der Waals surface area contributed by atoms with E-state index in [9.17, 15) is 8.78 Å². The molecule has 0 atom stereocenters. The maximum absolute atomic E-state index is 13.1. The first-order valence-electron chi connectivity index (χ1n) is 7.31. The highest BCUT2D eigenvalue weighted by Crippen LogP contribution is 2.12. The molecule has 1 N–H and O–H groups in total. The Morgan fingerprint density at radius 2 is 1.90 bits per heavy atom. The Labute approximate surface area is 124 Å². The smallest absolute Gasteiger partial charge is 0.203 e. The van der Waals surface area contributed by atoms with Gasteiger partial charge in [-0.1, -0.05) is 13.3 Å². The molecule has 5 heteroatoms. The van der Waals surface area contributed by atoms with Gasteiger partial charge in [-0.2, -0.15) is 0 Å². The highest BCUT2D eigenvalue weighted by Gasteiger charge is 2.05. The van der Waals surface area contributed by atoms with Gasteiger partial charge in [-0.3, -0.25) is 0 Å². The number of anilines is 1. The number of hydrogen-bond donors (Lipinski definition) is 1. The van der Waals surface area contributed by atoms with Crippen LogP contribution in [0.4, 0.5) is 14.7 Å². The molecule has 0 amide bonds. The normalized spacial score (nSPS) is 10.9. The lowest BCUT2D eigenvalue weighted by molar-refractivity contribution is 0.579. The average molecular weight is 293 g/mol. The van der Waals surface area contributed by atoms with Crippen LogP contribution in [0.3, 0.4) is 0 Å². The summed E-state index contributed by atoms with van der Waals surface area (Å²) in [7, 11) is 0. The van der Waals surface area contributed by atoms with Gasteiger partial charge in [0.05, 0.1) is 5.69 Å². The molecular weight excluding hydrogens is 272 g/mol. The van der Waals surface area contributed by atoms with E-state index in [0.717, 1.165) is 37.1 Å². The molecule has 0 saturated carbocycles. The van der Waals surface area contributed by atoms with E-state index in [0.29, 0.717) is 18.5 Å². The van der Waals surface area contributed by atoms with E-state index >= 15 is 0 Å². The molecule has 1 heterocycles. The van der Waals surface area contributed by atoms with E-state index in [1.165, 1.54) is 12.1 Å². The van der Waals surface area contributed by atoms with E-state index in [1.54, 1.807) is 0 Å². The highest BCUT2D eigenvalue weighted by atomic mass is 19.1. The van der Waals surface area contributed by atoms with Crippen LogP contribution in [0.2, 0.25) is 0 Å². The van der Waals surface area contributed by atoms with E-state index in [1.807, 2.05) is 13.1 Å². The third-order valence-electron chi connectivity index (χ3n) is 3.27. The lowest BCUT2D eigenvalue weighted by atomic mass is 10.1. The summed E-state index contributed by atoms with van der Waals surface area (Å²) in [5.41, 5.74) is 1.61. The number of rotatable bonds is 7. The van der Waals surface area contributed by atoms with Gasteiger partial charge in [0.1, 0.15) is 11.6 Å². The van der Waals surface area contributed by atoms with Crippen LogP contribution in [0, 0.1) is 18.6 Å². The van der Waals surface area contributed by atoms with Crippen molar-refractivity contribution in [3.63, 3.8) is 0 Å². The van der Waals surface area contributed by atoms with Crippen molar-refractivity contribution >= 4 is 5.95 Å². The number of aromatic nitrogens is 2. The molecule has 0 aliphatic heterocycles. The quantitative estimate of drug-likeness (QED) is 0.838. The molecule has 2 rings (SSSR count). The Morgan fingerprint density at radius 1 is 1.19 bits per heavy atom. The summed E-state index contributed by atoms with van der Waals surface area (Å²) in [6.07, 6.45) is 4.78. The minimum atomic E-state index is -0.537. The number of imidazole rings is 1. The largest absolute Gasteiger partial charge is 0.355 e. The van der Waals surface area contributed by atoms with Gasteiger partial charge >= 0.3 is 0 Å². The molecule has 0 aliphatic carbocycles. The van der Waals surface area contributed by atoms with Crippen LogP contribution in [-0.2, 0) is 13.0 Å². The Balaban J connectivity index is 1.93. The molecule has 3 nitrogen and oxygen atoms in total. The Kier molecular flexibility index (Phi) is 5.31. The van der Waals surface area contributed by atoms with Gasteiger partial charge in [-0.15, -0.1) is 0 Å². The molecule has 0 fully saturated rings. The summed E-state index contributed by atoms with van der Waals surface area (Å²) in [6, 6.07) is 3.61. The van der Waals surface area contributed by atoms with Gasteiger partial charge in [-0.25, -0.2) is 13.8 Å². The monoisotopic (exact) mass is 293 g/mol. The Bertz CT molecular complexity index is 573. The molecule has 21 heavy (non-hydrogen) atoms. The Hall–Kier alpha value is -1.91. The first-order valence-corrected chi connectivity index (χ1v) is 7.31. The first kappa shape index (κ1) is 15.5. The predicted molar refractivity (Wildman–Crippen MR) is 80.4 cm³/mol. The fourth-order valence-electron chi connectivity index (χ4n) is 2.26. The second kappa shape index (κ2) is 7.20. The number of hydrogen-bond acceptors (Lipinski definition) is 2. The van der Waals surface area contributed by atoms with Crippen LogP contribution in [-0.4, -0.2) is 16.1 Å². The number of aryl methyl sites for hydroxylation is 2. The lowest BCUT2D eigenvalue weighted by Gasteiger charge is -2.09. The average Bonchev–Trinajstić information content (AvgIpc) is 2.75. The molecule has 0 aliphatic rings. The van der Waals surface area contributed by atoms with Crippen LogP contribution < -0.4 is 5.32 Å². The molecule has 0 unspecified atom stereocenters. The summed E-state index contributed by atoms with van der Waals surface area (Å²) in [5.74, 6) is -0.256. The van der Waals surface area contributed by atoms with Crippen molar-refractivity contribution < 1.29 is 8.78 Å². The van der Waals surface area contributed by atoms with Gasteiger partial charge in [0.25, 0.3) is 0 Å². The van der Waals surface area contributed by atoms with Gasteiger partial charge in [0.2, 0.25) is 5.95 Å². The topological polar surface area (TPSA) is 29.9 Å². The fourth-order valence-corrected chi connectivity index (χ4v) is 2.26. The molecule has 0 radical (unpaired) electrons. The highest BCUT2D eigenvalue weighted by molar-refractivity contribution is 5.29. The van der Waals surface area contributed by atoms with Gasteiger partial charge in [-0.05, 0) is 37.5 Å². The molecule has 0 saturated heterocycles. The third kappa shape index (κ3) is 4.55. The lowest BCUT2D eigenvalue weighted by Crippen LogP contribution is -2.11. The summed E-state index contributed by atoms with van der Waals surface area (Å²) in [4.78, 5) is 4.43. The van der Waals surface area contributed by atoms with Crippen molar-refractivity contribution in [1.29, 1.82) is 0 Å². The molecule has 0 bridgehead atoms. The van der Waals surface area contributed by atoms with E-state index < -0.39 is 11.6 Å². The predicted octanol–water partition coefficient (Wildman–Crippen LogP) is 3.92. The number of nitrogens with one attached hydrogen (secondary N) is 1. The van der Waals surface area contributed by atoms with E-state index in [2.05, 4.69) is 21.8 Å². The second-order valence-electron chi connectivity index (χ2n) is 5.21. The number of nitrogens with zero attached hydrogens (tertiary/aromatic N) is 2. The van der Waals surface area contributed by atoms with Crippen molar-refractivity contribution in [2.45, 2.75) is 39.7 Å². The van der Waals surface area contributed by atoms with E-state index in [-0.39, 0.29) is 0 Å². The molecule has 1 aromatic carbocycles. The minimum absolute atomic E-state index is 0.537. The van der Waals surface area contributed by atoms with Crippen molar-refractivity contribution in [3.8, 4) is 0 Å². The van der Waals surface area contributed by atoms with Crippen molar-refractivity contribution in [3.05, 3.63) is 47.3 Å². The maximum Gasteiger partial charge on any atom is 0.203 e. The first-order chi connectivity index (χ1) is 10.1. The van der Waals surface area contributed by atoms with Crippen molar-refractivity contribution in [1.82, 2.24) is 9.55 Å². The molecule has 2 aromatic rings. The van der Waals surface area contributed by atoms with Crippen LogP contribution >= 0.6 is 0 Å². The van der Waals surface area contributed by atoms with Gasteiger partial charge < -0.3 is 9.88 Å². The van der Waals surface area contributed by atoms with Crippen molar-refractivity contribution in [2.24, 2.45) is 0 Å². The van der Waals surface area contributed by atoms with Gasteiger partial charge in [0, 0.05) is 25.4 Å². The summed E-state index contributed by atoms with van der Waals surface area (Å²) in [5, 5.41) is 3.24. The van der Waals surface area contributed by atoms with Crippen LogP contribution in [0.5, 0.6) is 0 Å². The summed E-state index contributed by atoms with van der Waals surface area (Å²) >= 11 is 0. The maximum atomic E-state index is 13.1. The van der Waals surface area contributed by atoms with Crippen LogP contribution in [0.15, 0.2) is 24.4 Å². The van der Waals surface area contributed by atoms with E-state index in [4.69, 9.17) is 0 Å².